The van der Waals surface area contributed by atoms with Crippen LogP contribution in [-0.2, 0) is 11.3 Å². The highest BCUT2D eigenvalue weighted by molar-refractivity contribution is 7.09. The number of hydrogen-bond donors (Lipinski definition) is 1. The van der Waals surface area contributed by atoms with Crippen molar-refractivity contribution in [3.8, 4) is 0 Å². The first kappa shape index (κ1) is 18.2. The normalized spacial score (nSPS) is 15.2. The van der Waals surface area contributed by atoms with Gasteiger partial charge >= 0.3 is 0 Å². The van der Waals surface area contributed by atoms with Crippen molar-refractivity contribution < 1.29 is 4.79 Å². The van der Waals surface area contributed by atoms with Gasteiger partial charge in [-0.3, -0.25) is 4.79 Å². The Bertz CT molecular complexity index is 416. The summed E-state index contributed by atoms with van der Waals surface area (Å²) >= 11 is 1.70. The molecular weight excluding hydrogens is 304 g/mol. The molecule has 0 atom stereocenters. The topological polar surface area (TPSA) is 32.3 Å². The summed E-state index contributed by atoms with van der Waals surface area (Å²) in [5, 5.41) is 5.42. The second-order valence-electron chi connectivity index (χ2n) is 5.37. The van der Waals surface area contributed by atoms with Crippen molar-refractivity contribution >= 4 is 29.7 Å². The van der Waals surface area contributed by atoms with E-state index in [1.165, 1.54) is 17.7 Å². The Labute approximate surface area is 137 Å². The summed E-state index contributed by atoms with van der Waals surface area (Å²) in [5.74, 6) is 0.976. The molecule has 118 valence electrons. The van der Waals surface area contributed by atoms with E-state index < -0.39 is 0 Å². The fourth-order valence-corrected chi connectivity index (χ4v) is 3.38. The monoisotopic (exact) mass is 328 g/mol. The second-order valence-corrected chi connectivity index (χ2v) is 6.41. The van der Waals surface area contributed by atoms with Crippen LogP contribution in [0.1, 0.15) is 30.6 Å². The van der Waals surface area contributed by atoms with Gasteiger partial charge in [-0.15, -0.1) is 30.3 Å². The Morgan fingerprint density at radius 2 is 2.24 bits per heavy atom. The van der Waals surface area contributed by atoms with Gasteiger partial charge in [0.1, 0.15) is 0 Å². The number of thiophene rings is 1. The third-order valence-electron chi connectivity index (χ3n) is 3.85. The predicted octanol–water partition coefficient (Wildman–Crippen LogP) is 3.46. The van der Waals surface area contributed by atoms with E-state index in [1.54, 1.807) is 11.3 Å². The smallest absolute Gasteiger partial charge is 0.223 e. The maximum Gasteiger partial charge on any atom is 0.223 e. The van der Waals surface area contributed by atoms with Crippen molar-refractivity contribution in [1.29, 1.82) is 0 Å². The van der Waals surface area contributed by atoms with Crippen molar-refractivity contribution in [2.24, 2.45) is 5.92 Å². The van der Waals surface area contributed by atoms with Crippen molar-refractivity contribution in [2.75, 3.05) is 19.6 Å². The van der Waals surface area contributed by atoms with Gasteiger partial charge < -0.3 is 10.2 Å². The number of carbonyl (C=O) groups excluding carboxylic acids is 1. The van der Waals surface area contributed by atoms with Crippen molar-refractivity contribution in [2.45, 2.75) is 32.2 Å². The van der Waals surface area contributed by atoms with E-state index in [1.807, 2.05) is 17.0 Å². The van der Waals surface area contributed by atoms with Crippen LogP contribution in [0.2, 0.25) is 0 Å². The third-order valence-corrected chi connectivity index (χ3v) is 4.72. The van der Waals surface area contributed by atoms with Gasteiger partial charge in [0.25, 0.3) is 0 Å². The number of rotatable bonds is 7. The fraction of sp³-hybridized carbons (Fsp3) is 0.562. The van der Waals surface area contributed by atoms with E-state index in [0.29, 0.717) is 18.9 Å². The number of piperidine rings is 1. The lowest BCUT2D eigenvalue weighted by atomic mass is 9.93. The van der Waals surface area contributed by atoms with Gasteiger partial charge in [0.15, 0.2) is 0 Å². The zero-order valence-corrected chi connectivity index (χ0v) is 14.1. The van der Waals surface area contributed by atoms with E-state index in [4.69, 9.17) is 0 Å². The van der Waals surface area contributed by atoms with Gasteiger partial charge in [0, 0.05) is 17.8 Å². The van der Waals surface area contributed by atoms with Crippen LogP contribution in [-0.4, -0.2) is 30.4 Å². The SMILES string of the molecule is C=CCN(Cc1cccs1)C(=O)CCC1CCNCC1.Cl. The molecule has 0 unspecified atom stereocenters. The largest absolute Gasteiger partial charge is 0.334 e. The van der Waals surface area contributed by atoms with E-state index >= 15 is 0 Å². The molecule has 1 amide bonds. The minimum Gasteiger partial charge on any atom is -0.334 e. The van der Waals surface area contributed by atoms with E-state index in [2.05, 4.69) is 23.3 Å². The maximum atomic E-state index is 12.4. The molecule has 0 aromatic carbocycles. The quantitative estimate of drug-likeness (QED) is 0.777. The molecule has 21 heavy (non-hydrogen) atoms. The Kier molecular flexibility index (Phi) is 8.66. The van der Waals surface area contributed by atoms with Crippen LogP contribution in [0.25, 0.3) is 0 Å². The zero-order chi connectivity index (χ0) is 14.2. The molecule has 3 nitrogen and oxygen atoms in total. The van der Waals surface area contributed by atoms with Crippen LogP contribution in [0.4, 0.5) is 0 Å². The Morgan fingerprint density at radius 1 is 1.48 bits per heavy atom. The Hall–Kier alpha value is -0.840. The van der Waals surface area contributed by atoms with E-state index in [0.717, 1.165) is 26.1 Å². The highest BCUT2D eigenvalue weighted by atomic mass is 35.5. The molecule has 0 saturated carbocycles. The minimum atomic E-state index is 0. The molecular formula is C16H25ClN2OS. The molecule has 0 aliphatic carbocycles. The van der Waals surface area contributed by atoms with Crippen LogP contribution < -0.4 is 5.32 Å². The van der Waals surface area contributed by atoms with Crippen LogP contribution in [0, 0.1) is 5.92 Å². The number of halogens is 1. The summed E-state index contributed by atoms with van der Waals surface area (Å²) in [5.41, 5.74) is 0. The van der Waals surface area contributed by atoms with Crippen molar-refractivity contribution in [1.82, 2.24) is 10.2 Å². The molecule has 0 radical (unpaired) electrons. The van der Waals surface area contributed by atoms with Gasteiger partial charge in [0.2, 0.25) is 5.91 Å². The molecule has 5 heteroatoms. The lowest BCUT2D eigenvalue weighted by molar-refractivity contribution is -0.131. The summed E-state index contributed by atoms with van der Waals surface area (Å²) in [7, 11) is 0. The van der Waals surface area contributed by atoms with Crippen LogP contribution >= 0.6 is 23.7 Å². The molecule has 1 aromatic rings. The number of nitrogens with one attached hydrogen (secondary N) is 1. The summed E-state index contributed by atoms with van der Waals surface area (Å²) < 4.78 is 0. The molecule has 1 aliphatic heterocycles. The first-order chi connectivity index (χ1) is 9.79. The molecule has 0 spiro atoms. The number of amides is 1. The van der Waals surface area contributed by atoms with Gasteiger partial charge in [-0.1, -0.05) is 12.1 Å². The van der Waals surface area contributed by atoms with E-state index in [-0.39, 0.29) is 18.3 Å². The molecule has 1 N–H and O–H groups in total. The molecule has 2 rings (SSSR count). The summed E-state index contributed by atoms with van der Waals surface area (Å²) in [4.78, 5) is 15.5. The fourth-order valence-electron chi connectivity index (χ4n) is 2.66. The highest BCUT2D eigenvalue weighted by Crippen LogP contribution is 2.19. The Balaban J connectivity index is 0.00000220. The highest BCUT2D eigenvalue weighted by Gasteiger charge is 2.17. The average Bonchev–Trinajstić information content (AvgIpc) is 2.98. The van der Waals surface area contributed by atoms with Gasteiger partial charge in [-0.2, -0.15) is 0 Å². The number of nitrogens with zero attached hydrogens (tertiary/aromatic N) is 1. The standard InChI is InChI=1S/C16H24N2OS.ClH/c1-2-11-18(13-15-4-3-12-20-15)16(19)6-5-14-7-9-17-10-8-14;/h2-4,12,14,17H,1,5-11,13H2;1H. The molecule has 0 bridgehead atoms. The lowest BCUT2D eigenvalue weighted by Gasteiger charge is -2.24. The third kappa shape index (κ3) is 6.20. The van der Waals surface area contributed by atoms with E-state index in [9.17, 15) is 4.79 Å². The predicted molar refractivity (Wildman–Crippen MR) is 92.0 cm³/mol. The van der Waals surface area contributed by atoms with Gasteiger partial charge in [-0.25, -0.2) is 0 Å². The first-order valence-corrected chi connectivity index (χ1v) is 8.29. The number of hydrogen-bond acceptors (Lipinski definition) is 3. The molecule has 1 aromatic heterocycles. The van der Waals surface area contributed by atoms with Crippen LogP contribution in [0.5, 0.6) is 0 Å². The average molecular weight is 329 g/mol. The summed E-state index contributed by atoms with van der Waals surface area (Å²) in [6.07, 6.45) is 5.93. The lowest BCUT2D eigenvalue weighted by Crippen LogP contribution is -2.32. The molecule has 1 saturated heterocycles. The van der Waals surface area contributed by atoms with Gasteiger partial charge in [-0.05, 0) is 49.7 Å². The van der Waals surface area contributed by atoms with Crippen molar-refractivity contribution in [3.63, 3.8) is 0 Å². The second kappa shape index (κ2) is 9.98. The maximum absolute atomic E-state index is 12.4. The summed E-state index contributed by atoms with van der Waals surface area (Å²) in [6, 6.07) is 4.12. The zero-order valence-electron chi connectivity index (χ0n) is 12.4. The van der Waals surface area contributed by atoms with Gasteiger partial charge in [0.05, 0.1) is 6.54 Å². The van der Waals surface area contributed by atoms with Crippen molar-refractivity contribution in [3.05, 3.63) is 35.0 Å². The molecule has 2 heterocycles. The summed E-state index contributed by atoms with van der Waals surface area (Å²) in [6.45, 7) is 7.33. The number of carbonyl (C=O) groups is 1. The van der Waals surface area contributed by atoms with Crippen LogP contribution in [0.3, 0.4) is 0 Å². The minimum absolute atomic E-state index is 0. The first-order valence-electron chi connectivity index (χ1n) is 7.41. The molecule has 1 fully saturated rings. The van der Waals surface area contributed by atoms with Crippen LogP contribution in [0.15, 0.2) is 30.2 Å². The molecule has 1 aliphatic rings. The Morgan fingerprint density at radius 3 is 2.86 bits per heavy atom.